The van der Waals surface area contributed by atoms with Gasteiger partial charge in [-0.2, -0.15) is 0 Å². The number of halogens is 2. The Labute approximate surface area is 119 Å². The Balaban J connectivity index is 2.36. The van der Waals surface area contributed by atoms with E-state index in [4.69, 9.17) is 0 Å². The number of nitrogens with zero attached hydrogens (tertiary/aromatic N) is 1. The van der Waals surface area contributed by atoms with E-state index in [-0.39, 0.29) is 11.4 Å². The van der Waals surface area contributed by atoms with Crippen LogP contribution in [-0.4, -0.2) is 11.5 Å². The van der Waals surface area contributed by atoms with Gasteiger partial charge in [-0.25, -0.2) is 8.78 Å². The summed E-state index contributed by atoms with van der Waals surface area (Å²) in [6, 6.07) is 7.36. The second-order valence-corrected chi connectivity index (χ2v) is 4.31. The summed E-state index contributed by atoms with van der Waals surface area (Å²) >= 11 is 0. The number of nitro benzene ring substituents is 1. The van der Waals surface area contributed by atoms with Crippen LogP contribution in [0, 0.1) is 21.7 Å². The summed E-state index contributed by atoms with van der Waals surface area (Å²) in [6.45, 7) is 2.44. The molecule has 0 unspecified atom stereocenters. The molecule has 5 nitrogen and oxygen atoms in total. The Morgan fingerprint density at radius 2 is 1.86 bits per heavy atom. The standard InChI is InChI=1S/C14H13F2N3O2/c1-2-17-10-6-11(8-12(7-10)19(20)21)18-14-4-3-9(15)5-13(14)16/h3-8,17-18H,2H2,1H3. The van der Waals surface area contributed by atoms with Crippen molar-refractivity contribution >= 4 is 22.7 Å². The quantitative estimate of drug-likeness (QED) is 0.644. The SMILES string of the molecule is CCNc1cc(Nc2ccc(F)cc2F)cc([N+](=O)[O-])c1. The molecule has 0 heterocycles. The zero-order valence-electron chi connectivity index (χ0n) is 11.2. The van der Waals surface area contributed by atoms with E-state index in [0.29, 0.717) is 17.9 Å². The lowest BCUT2D eigenvalue weighted by Crippen LogP contribution is -2.01. The predicted octanol–water partition coefficient (Wildman–Crippen LogP) is 4.05. The topological polar surface area (TPSA) is 67.2 Å². The highest BCUT2D eigenvalue weighted by molar-refractivity contribution is 5.69. The lowest BCUT2D eigenvalue weighted by molar-refractivity contribution is -0.384. The first-order chi connectivity index (χ1) is 9.99. The zero-order valence-corrected chi connectivity index (χ0v) is 11.2. The van der Waals surface area contributed by atoms with Gasteiger partial charge in [0.2, 0.25) is 0 Å². The fourth-order valence-electron chi connectivity index (χ4n) is 1.84. The van der Waals surface area contributed by atoms with Gasteiger partial charge in [-0.3, -0.25) is 10.1 Å². The Morgan fingerprint density at radius 3 is 2.48 bits per heavy atom. The number of rotatable bonds is 5. The van der Waals surface area contributed by atoms with E-state index < -0.39 is 16.6 Å². The molecule has 0 spiro atoms. The van der Waals surface area contributed by atoms with E-state index in [0.717, 1.165) is 12.1 Å². The molecule has 0 aliphatic heterocycles. The summed E-state index contributed by atoms with van der Waals surface area (Å²) < 4.78 is 26.4. The average Bonchev–Trinajstić information content (AvgIpc) is 2.42. The Morgan fingerprint density at radius 1 is 1.14 bits per heavy atom. The van der Waals surface area contributed by atoms with Crippen LogP contribution >= 0.6 is 0 Å². The van der Waals surface area contributed by atoms with Crippen molar-refractivity contribution < 1.29 is 13.7 Å². The highest BCUT2D eigenvalue weighted by atomic mass is 19.1. The maximum atomic E-state index is 13.6. The third-order valence-corrected chi connectivity index (χ3v) is 2.72. The van der Waals surface area contributed by atoms with Crippen LogP contribution in [-0.2, 0) is 0 Å². The van der Waals surface area contributed by atoms with Gasteiger partial charge in [0.25, 0.3) is 5.69 Å². The van der Waals surface area contributed by atoms with Crippen LogP contribution in [0.25, 0.3) is 0 Å². The van der Waals surface area contributed by atoms with Crippen molar-refractivity contribution in [3.8, 4) is 0 Å². The Kier molecular flexibility index (Phi) is 4.32. The lowest BCUT2D eigenvalue weighted by Gasteiger charge is -2.10. The van der Waals surface area contributed by atoms with Gasteiger partial charge in [0.05, 0.1) is 10.6 Å². The minimum absolute atomic E-state index is 0.0411. The van der Waals surface area contributed by atoms with Crippen molar-refractivity contribution in [1.82, 2.24) is 0 Å². The molecule has 0 aliphatic carbocycles. The van der Waals surface area contributed by atoms with Crippen LogP contribution in [0.3, 0.4) is 0 Å². The number of anilines is 3. The van der Waals surface area contributed by atoms with Crippen LogP contribution in [0.15, 0.2) is 36.4 Å². The van der Waals surface area contributed by atoms with Crippen molar-refractivity contribution in [3.63, 3.8) is 0 Å². The van der Waals surface area contributed by atoms with Gasteiger partial charge in [0.1, 0.15) is 11.6 Å². The van der Waals surface area contributed by atoms with Crippen molar-refractivity contribution in [2.75, 3.05) is 17.2 Å². The molecule has 2 rings (SSSR count). The van der Waals surface area contributed by atoms with Crippen molar-refractivity contribution in [2.24, 2.45) is 0 Å². The molecule has 0 bridgehead atoms. The Bertz CT molecular complexity index is 677. The summed E-state index contributed by atoms with van der Waals surface area (Å²) in [5.41, 5.74) is 0.792. The van der Waals surface area contributed by atoms with Gasteiger partial charge >= 0.3 is 0 Å². The molecule has 0 amide bonds. The molecule has 0 aromatic heterocycles. The molecule has 2 N–H and O–H groups in total. The van der Waals surface area contributed by atoms with Crippen LogP contribution in [0.1, 0.15) is 6.92 Å². The van der Waals surface area contributed by atoms with Crippen LogP contribution in [0.2, 0.25) is 0 Å². The van der Waals surface area contributed by atoms with Gasteiger partial charge in [-0.05, 0) is 25.1 Å². The van der Waals surface area contributed by atoms with Crippen molar-refractivity contribution in [1.29, 1.82) is 0 Å². The van der Waals surface area contributed by atoms with Gasteiger partial charge in [0.15, 0.2) is 0 Å². The molecule has 0 saturated heterocycles. The van der Waals surface area contributed by atoms with E-state index in [1.54, 1.807) is 6.07 Å². The largest absolute Gasteiger partial charge is 0.385 e. The van der Waals surface area contributed by atoms with E-state index in [2.05, 4.69) is 10.6 Å². The molecule has 0 atom stereocenters. The fraction of sp³-hybridized carbons (Fsp3) is 0.143. The zero-order chi connectivity index (χ0) is 15.4. The summed E-state index contributed by atoms with van der Waals surface area (Å²) in [4.78, 5) is 10.4. The molecule has 7 heteroatoms. The number of hydrogen-bond donors (Lipinski definition) is 2. The molecule has 2 aromatic rings. The molecular weight excluding hydrogens is 280 g/mol. The number of hydrogen-bond acceptors (Lipinski definition) is 4. The predicted molar refractivity (Wildman–Crippen MR) is 76.9 cm³/mol. The minimum atomic E-state index is -0.772. The second-order valence-electron chi connectivity index (χ2n) is 4.31. The van der Waals surface area contributed by atoms with E-state index >= 15 is 0 Å². The first-order valence-electron chi connectivity index (χ1n) is 6.25. The number of nitrogens with one attached hydrogen (secondary N) is 2. The molecule has 0 radical (unpaired) electrons. The summed E-state index contributed by atoms with van der Waals surface area (Å²) in [6.07, 6.45) is 0. The summed E-state index contributed by atoms with van der Waals surface area (Å²) in [7, 11) is 0. The monoisotopic (exact) mass is 293 g/mol. The van der Waals surface area contributed by atoms with E-state index in [1.807, 2.05) is 6.92 Å². The summed E-state index contributed by atoms with van der Waals surface area (Å²) in [5, 5.41) is 16.6. The highest BCUT2D eigenvalue weighted by Crippen LogP contribution is 2.28. The fourth-order valence-corrected chi connectivity index (χ4v) is 1.84. The first-order valence-corrected chi connectivity index (χ1v) is 6.25. The molecule has 0 saturated carbocycles. The van der Waals surface area contributed by atoms with Crippen LogP contribution < -0.4 is 10.6 Å². The maximum absolute atomic E-state index is 13.6. The van der Waals surface area contributed by atoms with E-state index in [1.165, 1.54) is 18.2 Å². The molecule has 0 aliphatic rings. The molecule has 110 valence electrons. The molecule has 2 aromatic carbocycles. The molecule has 0 fully saturated rings. The van der Waals surface area contributed by atoms with Crippen molar-refractivity contribution in [3.05, 3.63) is 58.1 Å². The normalized spacial score (nSPS) is 10.2. The smallest absolute Gasteiger partial charge is 0.273 e. The molecular formula is C14H13F2N3O2. The number of non-ortho nitro benzene ring substituents is 1. The first kappa shape index (κ1) is 14.7. The van der Waals surface area contributed by atoms with Gasteiger partial charge in [-0.1, -0.05) is 0 Å². The van der Waals surface area contributed by atoms with Crippen LogP contribution in [0.4, 0.5) is 31.5 Å². The minimum Gasteiger partial charge on any atom is -0.385 e. The van der Waals surface area contributed by atoms with E-state index in [9.17, 15) is 18.9 Å². The number of nitro groups is 1. The average molecular weight is 293 g/mol. The lowest BCUT2D eigenvalue weighted by atomic mass is 10.2. The Hall–Kier alpha value is -2.70. The van der Waals surface area contributed by atoms with Crippen molar-refractivity contribution in [2.45, 2.75) is 6.92 Å². The third kappa shape index (κ3) is 3.65. The van der Waals surface area contributed by atoms with Crippen LogP contribution in [0.5, 0.6) is 0 Å². The number of benzene rings is 2. The van der Waals surface area contributed by atoms with Gasteiger partial charge in [0, 0.05) is 36.1 Å². The third-order valence-electron chi connectivity index (χ3n) is 2.72. The summed E-state index contributed by atoms with van der Waals surface area (Å²) in [5.74, 6) is -1.46. The maximum Gasteiger partial charge on any atom is 0.273 e. The van der Waals surface area contributed by atoms with Gasteiger partial charge < -0.3 is 10.6 Å². The molecule has 21 heavy (non-hydrogen) atoms. The highest BCUT2D eigenvalue weighted by Gasteiger charge is 2.11. The van der Waals surface area contributed by atoms with Gasteiger partial charge in [-0.15, -0.1) is 0 Å². The second kappa shape index (κ2) is 6.17.